The van der Waals surface area contributed by atoms with Crippen molar-refractivity contribution in [1.29, 1.82) is 0 Å². The van der Waals surface area contributed by atoms with Gasteiger partial charge in [0.25, 0.3) is 0 Å². The van der Waals surface area contributed by atoms with Crippen LogP contribution in [0.3, 0.4) is 0 Å². The molecule has 1 heterocycles. The summed E-state index contributed by atoms with van der Waals surface area (Å²) in [5.41, 5.74) is 8.41. The molecule has 2 rings (SSSR count). The molecule has 0 bridgehead atoms. The zero-order valence-electron chi connectivity index (χ0n) is 11.0. The Morgan fingerprint density at radius 2 is 2.33 bits per heavy atom. The average molecular weight is 285 g/mol. The number of rotatable bonds is 3. The van der Waals surface area contributed by atoms with Crippen molar-refractivity contribution in [2.45, 2.75) is 31.6 Å². The van der Waals surface area contributed by atoms with Crippen molar-refractivity contribution in [2.75, 3.05) is 23.7 Å². The van der Waals surface area contributed by atoms with Crippen LogP contribution in [-0.2, 0) is 6.42 Å². The summed E-state index contributed by atoms with van der Waals surface area (Å²) in [5.74, 6) is 1.17. The molecule has 1 aliphatic rings. The number of nitrogens with two attached hydrogens (primary N) is 1. The molecule has 0 amide bonds. The van der Waals surface area contributed by atoms with E-state index in [9.17, 15) is 0 Å². The van der Waals surface area contributed by atoms with Crippen molar-refractivity contribution in [3.05, 3.63) is 28.8 Å². The van der Waals surface area contributed by atoms with Gasteiger partial charge in [0.15, 0.2) is 0 Å². The topological polar surface area (TPSA) is 29.3 Å². The van der Waals surface area contributed by atoms with Crippen molar-refractivity contribution < 1.29 is 0 Å². The third-order valence-electron chi connectivity index (χ3n) is 3.17. The molecule has 1 saturated heterocycles. The summed E-state index contributed by atoms with van der Waals surface area (Å²) in [4.78, 5) is 2.42. The molecular formula is C14H21ClN2S. The van der Waals surface area contributed by atoms with E-state index in [0.717, 1.165) is 24.5 Å². The lowest BCUT2D eigenvalue weighted by molar-refractivity contribution is 0.725. The first-order chi connectivity index (χ1) is 8.58. The molecule has 1 fully saturated rings. The van der Waals surface area contributed by atoms with E-state index in [1.807, 2.05) is 30.8 Å². The standard InChI is InChI=1S/C14H21ClN2S/c1-10(16)8-12-4-3-5-13(15)14(12)17-6-7-18-11(2)9-17/h3-5,10-11H,6-9,16H2,1-2H3. The molecule has 1 aromatic carbocycles. The fourth-order valence-electron chi connectivity index (χ4n) is 2.45. The Bertz CT molecular complexity index is 409. The lowest BCUT2D eigenvalue weighted by atomic mass is 10.0. The molecule has 0 saturated carbocycles. The molecule has 0 radical (unpaired) electrons. The summed E-state index contributed by atoms with van der Waals surface area (Å²) in [6.07, 6.45) is 0.883. The van der Waals surface area contributed by atoms with E-state index < -0.39 is 0 Å². The number of halogens is 1. The minimum Gasteiger partial charge on any atom is -0.368 e. The van der Waals surface area contributed by atoms with Crippen LogP contribution in [0, 0.1) is 0 Å². The Labute approximate surface area is 119 Å². The first-order valence-corrected chi connectivity index (χ1v) is 7.90. The Kier molecular flexibility index (Phi) is 4.82. The molecule has 100 valence electrons. The highest BCUT2D eigenvalue weighted by Crippen LogP contribution is 2.33. The summed E-state index contributed by atoms with van der Waals surface area (Å²) in [6, 6.07) is 6.32. The first-order valence-electron chi connectivity index (χ1n) is 6.47. The largest absolute Gasteiger partial charge is 0.368 e. The molecule has 1 aliphatic heterocycles. The number of thioether (sulfide) groups is 1. The van der Waals surface area contributed by atoms with E-state index in [0.29, 0.717) is 5.25 Å². The summed E-state index contributed by atoms with van der Waals surface area (Å²) in [6.45, 7) is 6.46. The van der Waals surface area contributed by atoms with Crippen LogP contribution in [-0.4, -0.2) is 30.1 Å². The monoisotopic (exact) mass is 284 g/mol. The molecule has 2 atom stereocenters. The van der Waals surface area contributed by atoms with E-state index in [-0.39, 0.29) is 6.04 Å². The minimum absolute atomic E-state index is 0.166. The van der Waals surface area contributed by atoms with Crippen LogP contribution in [0.15, 0.2) is 18.2 Å². The minimum atomic E-state index is 0.166. The van der Waals surface area contributed by atoms with Gasteiger partial charge >= 0.3 is 0 Å². The summed E-state index contributed by atoms with van der Waals surface area (Å²) in [7, 11) is 0. The van der Waals surface area contributed by atoms with Gasteiger partial charge in [-0.15, -0.1) is 0 Å². The Morgan fingerprint density at radius 3 is 3.00 bits per heavy atom. The lowest BCUT2D eigenvalue weighted by Gasteiger charge is -2.34. The summed E-state index contributed by atoms with van der Waals surface area (Å²) in [5, 5.41) is 1.52. The van der Waals surface area contributed by atoms with Crippen LogP contribution in [0.2, 0.25) is 5.02 Å². The Hall–Kier alpha value is -0.380. The Balaban J connectivity index is 2.29. The van der Waals surface area contributed by atoms with Gasteiger partial charge in [-0.1, -0.05) is 30.7 Å². The highest BCUT2D eigenvalue weighted by molar-refractivity contribution is 8.00. The van der Waals surface area contributed by atoms with Gasteiger partial charge in [-0.3, -0.25) is 0 Å². The van der Waals surface area contributed by atoms with E-state index in [1.165, 1.54) is 17.0 Å². The number of benzene rings is 1. The van der Waals surface area contributed by atoms with Crippen LogP contribution in [0.1, 0.15) is 19.4 Å². The van der Waals surface area contributed by atoms with E-state index in [2.05, 4.69) is 17.9 Å². The van der Waals surface area contributed by atoms with Gasteiger partial charge in [-0.25, -0.2) is 0 Å². The highest BCUT2D eigenvalue weighted by atomic mass is 35.5. The summed E-state index contributed by atoms with van der Waals surface area (Å²) < 4.78 is 0. The zero-order chi connectivity index (χ0) is 13.1. The van der Waals surface area contributed by atoms with Gasteiger partial charge < -0.3 is 10.6 Å². The molecule has 0 spiro atoms. The molecule has 1 aromatic rings. The van der Waals surface area contributed by atoms with Crippen molar-refractivity contribution in [3.63, 3.8) is 0 Å². The van der Waals surface area contributed by atoms with Crippen LogP contribution >= 0.6 is 23.4 Å². The summed E-state index contributed by atoms with van der Waals surface area (Å²) >= 11 is 8.44. The third-order valence-corrected chi connectivity index (χ3v) is 4.61. The second-order valence-corrected chi connectivity index (χ2v) is 7.01. The molecule has 2 N–H and O–H groups in total. The number of anilines is 1. The van der Waals surface area contributed by atoms with Gasteiger partial charge in [0, 0.05) is 30.1 Å². The number of hydrogen-bond acceptors (Lipinski definition) is 3. The second-order valence-electron chi connectivity index (χ2n) is 5.06. The van der Waals surface area contributed by atoms with Crippen molar-refractivity contribution in [2.24, 2.45) is 5.73 Å². The molecule has 2 nitrogen and oxygen atoms in total. The van der Waals surface area contributed by atoms with Gasteiger partial charge in [0.1, 0.15) is 0 Å². The molecular weight excluding hydrogens is 264 g/mol. The highest BCUT2D eigenvalue weighted by Gasteiger charge is 2.21. The van der Waals surface area contributed by atoms with Gasteiger partial charge in [-0.05, 0) is 25.0 Å². The number of para-hydroxylation sites is 1. The van der Waals surface area contributed by atoms with Crippen molar-refractivity contribution in [3.8, 4) is 0 Å². The third kappa shape index (κ3) is 3.34. The molecule has 4 heteroatoms. The maximum atomic E-state index is 6.40. The fraction of sp³-hybridized carbons (Fsp3) is 0.571. The van der Waals surface area contributed by atoms with Crippen LogP contribution in [0.4, 0.5) is 5.69 Å². The van der Waals surface area contributed by atoms with Crippen LogP contribution in [0.25, 0.3) is 0 Å². The predicted octanol–water partition coefficient (Wildman–Crippen LogP) is 3.17. The average Bonchev–Trinajstić information content (AvgIpc) is 2.28. The van der Waals surface area contributed by atoms with Gasteiger partial charge in [0.2, 0.25) is 0 Å². The van der Waals surface area contributed by atoms with E-state index in [4.69, 9.17) is 17.3 Å². The molecule has 2 unspecified atom stereocenters. The SMILES string of the molecule is CC(N)Cc1cccc(Cl)c1N1CCSC(C)C1. The molecule has 18 heavy (non-hydrogen) atoms. The van der Waals surface area contributed by atoms with Crippen molar-refractivity contribution >= 4 is 29.1 Å². The fourth-order valence-corrected chi connectivity index (χ4v) is 3.77. The maximum Gasteiger partial charge on any atom is 0.0642 e. The normalized spacial score (nSPS) is 22.0. The molecule has 0 aliphatic carbocycles. The lowest BCUT2D eigenvalue weighted by Crippen LogP contribution is -2.37. The zero-order valence-corrected chi connectivity index (χ0v) is 12.6. The molecule has 0 aromatic heterocycles. The second kappa shape index (κ2) is 6.18. The van der Waals surface area contributed by atoms with Gasteiger partial charge in [-0.2, -0.15) is 11.8 Å². The van der Waals surface area contributed by atoms with Crippen LogP contribution in [0.5, 0.6) is 0 Å². The van der Waals surface area contributed by atoms with E-state index >= 15 is 0 Å². The van der Waals surface area contributed by atoms with E-state index in [1.54, 1.807) is 0 Å². The number of hydrogen-bond donors (Lipinski definition) is 1. The van der Waals surface area contributed by atoms with Crippen LogP contribution < -0.4 is 10.6 Å². The predicted molar refractivity (Wildman–Crippen MR) is 82.9 cm³/mol. The number of nitrogens with zero attached hydrogens (tertiary/aromatic N) is 1. The maximum absolute atomic E-state index is 6.40. The van der Waals surface area contributed by atoms with Gasteiger partial charge in [0.05, 0.1) is 10.7 Å². The quantitative estimate of drug-likeness (QED) is 0.924. The first kappa shape index (κ1) is 14.0. The Morgan fingerprint density at radius 1 is 1.56 bits per heavy atom. The van der Waals surface area contributed by atoms with Crippen molar-refractivity contribution in [1.82, 2.24) is 0 Å². The smallest absolute Gasteiger partial charge is 0.0642 e.